The molecule has 2 rings (SSSR count). The highest BCUT2D eigenvalue weighted by Crippen LogP contribution is 2.16. The molecule has 0 bridgehead atoms. The third-order valence-corrected chi connectivity index (χ3v) is 2.80. The van der Waals surface area contributed by atoms with Crippen LogP contribution in [0.3, 0.4) is 0 Å². The molecule has 0 spiro atoms. The minimum Gasteiger partial charge on any atom is -0.447 e. The van der Waals surface area contributed by atoms with E-state index < -0.39 is 0 Å². The van der Waals surface area contributed by atoms with Gasteiger partial charge in [0.2, 0.25) is 5.82 Å². The van der Waals surface area contributed by atoms with Gasteiger partial charge in [0.25, 0.3) is 0 Å². The molecule has 0 aliphatic rings. The second kappa shape index (κ2) is 5.58. The van der Waals surface area contributed by atoms with E-state index in [1.54, 1.807) is 25.4 Å². The molecule has 0 aliphatic heterocycles. The number of ether oxygens (including phenoxy) is 1. The minimum absolute atomic E-state index is 0.219. The van der Waals surface area contributed by atoms with Crippen molar-refractivity contribution in [3.05, 3.63) is 16.8 Å². The van der Waals surface area contributed by atoms with E-state index in [4.69, 9.17) is 4.74 Å². The van der Waals surface area contributed by atoms with E-state index in [9.17, 15) is 4.79 Å². The van der Waals surface area contributed by atoms with Gasteiger partial charge in [0.15, 0.2) is 0 Å². The fourth-order valence-electron chi connectivity index (χ4n) is 1.19. The quantitative estimate of drug-likeness (QED) is 0.829. The Labute approximate surface area is 108 Å². The Morgan fingerprint density at radius 2 is 2.39 bits per heavy atom. The third-order valence-electron chi connectivity index (χ3n) is 2.11. The summed E-state index contributed by atoms with van der Waals surface area (Å²) in [4.78, 5) is 13.9. The van der Waals surface area contributed by atoms with Gasteiger partial charge in [-0.15, -0.1) is 10.2 Å². The topological polar surface area (TPSA) is 73.1 Å². The Morgan fingerprint density at radius 1 is 1.56 bits per heavy atom. The molecule has 0 N–H and O–H groups in total. The van der Waals surface area contributed by atoms with Crippen molar-refractivity contribution in [1.29, 1.82) is 0 Å². The highest BCUT2D eigenvalue weighted by molar-refractivity contribution is 7.08. The lowest BCUT2D eigenvalue weighted by Gasteiger charge is -2.09. The number of tetrazole rings is 1. The molecule has 0 aliphatic carbocycles. The van der Waals surface area contributed by atoms with Crippen LogP contribution < -0.4 is 0 Å². The number of thiophene rings is 1. The predicted octanol–water partition coefficient (Wildman–Crippen LogP) is 1.10. The number of carbonyl (C=O) groups is 1. The molecule has 0 fully saturated rings. The van der Waals surface area contributed by atoms with Gasteiger partial charge in [0.1, 0.15) is 6.61 Å². The van der Waals surface area contributed by atoms with Crippen LogP contribution in [0, 0.1) is 0 Å². The lowest BCUT2D eigenvalue weighted by molar-refractivity contribution is 0.112. The monoisotopic (exact) mass is 267 g/mol. The molecule has 0 saturated carbocycles. The molecule has 0 atom stereocenters. The highest BCUT2D eigenvalue weighted by atomic mass is 32.1. The Morgan fingerprint density at radius 3 is 3.06 bits per heavy atom. The van der Waals surface area contributed by atoms with E-state index in [-0.39, 0.29) is 12.7 Å². The maximum absolute atomic E-state index is 11.2. The molecule has 0 unspecified atom stereocenters. The standard InChI is InChI=1S/C10H13N5O2S/c1-14(2)10(16)17-5-4-15-12-9(11-13-15)8-3-6-18-7-8/h3,6-7H,4-5H2,1-2H3. The van der Waals surface area contributed by atoms with E-state index >= 15 is 0 Å². The van der Waals surface area contributed by atoms with Gasteiger partial charge in [-0.25, -0.2) is 4.79 Å². The molecule has 0 aromatic carbocycles. The summed E-state index contributed by atoms with van der Waals surface area (Å²) in [5.74, 6) is 0.579. The number of hydrogen-bond donors (Lipinski definition) is 0. The van der Waals surface area contributed by atoms with Crippen LogP contribution in [-0.4, -0.2) is 51.9 Å². The first-order valence-corrected chi connectivity index (χ1v) is 6.25. The number of rotatable bonds is 4. The van der Waals surface area contributed by atoms with E-state index in [1.807, 2.05) is 16.8 Å². The molecular weight excluding hydrogens is 254 g/mol. The summed E-state index contributed by atoms with van der Waals surface area (Å²) in [6.45, 7) is 0.604. The molecule has 0 radical (unpaired) electrons. The summed E-state index contributed by atoms with van der Waals surface area (Å²) in [7, 11) is 3.26. The van der Waals surface area contributed by atoms with Crippen LogP contribution >= 0.6 is 11.3 Å². The lowest BCUT2D eigenvalue weighted by Crippen LogP contribution is -2.24. The Hall–Kier alpha value is -1.96. The number of aromatic nitrogens is 4. The average molecular weight is 267 g/mol. The predicted molar refractivity (Wildman–Crippen MR) is 66.2 cm³/mol. The molecule has 7 nitrogen and oxygen atoms in total. The molecule has 8 heteroatoms. The van der Waals surface area contributed by atoms with Crippen molar-refractivity contribution in [3.8, 4) is 11.4 Å². The fourth-order valence-corrected chi connectivity index (χ4v) is 1.82. The van der Waals surface area contributed by atoms with Gasteiger partial charge in [-0.3, -0.25) is 0 Å². The minimum atomic E-state index is -0.381. The van der Waals surface area contributed by atoms with Crippen LogP contribution in [0.1, 0.15) is 0 Å². The number of nitrogens with zero attached hydrogens (tertiary/aromatic N) is 5. The summed E-state index contributed by atoms with van der Waals surface area (Å²) in [5, 5.41) is 15.9. The summed E-state index contributed by atoms with van der Waals surface area (Å²) >= 11 is 1.58. The van der Waals surface area contributed by atoms with Crippen LogP contribution in [-0.2, 0) is 11.3 Å². The zero-order chi connectivity index (χ0) is 13.0. The zero-order valence-corrected chi connectivity index (χ0v) is 10.9. The first kappa shape index (κ1) is 12.5. The molecule has 1 amide bonds. The largest absolute Gasteiger partial charge is 0.447 e. The zero-order valence-electron chi connectivity index (χ0n) is 10.1. The van der Waals surface area contributed by atoms with E-state index in [0.717, 1.165) is 5.56 Å². The van der Waals surface area contributed by atoms with Crippen molar-refractivity contribution in [3.63, 3.8) is 0 Å². The molecule has 2 aromatic heterocycles. The average Bonchev–Trinajstić information content (AvgIpc) is 2.98. The summed E-state index contributed by atoms with van der Waals surface area (Å²) in [5.41, 5.74) is 0.941. The molecule has 96 valence electrons. The van der Waals surface area contributed by atoms with Gasteiger partial charge in [0.05, 0.1) is 6.54 Å². The molecule has 2 aromatic rings. The lowest BCUT2D eigenvalue weighted by atomic mass is 10.3. The summed E-state index contributed by atoms with van der Waals surface area (Å²) in [6, 6.07) is 1.93. The van der Waals surface area contributed by atoms with Crippen LogP contribution in [0.2, 0.25) is 0 Å². The van der Waals surface area contributed by atoms with E-state index in [2.05, 4.69) is 15.4 Å². The Balaban J connectivity index is 1.86. The van der Waals surface area contributed by atoms with Crippen LogP contribution in [0.5, 0.6) is 0 Å². The maximum Gasteiger partial charge on any atom is 0.409 e. The second-order valence-corrected chi connectivity index (χ2v) is 4.51. The van der Waals surface area contributed by atoms with Crippen LogP contribution in [0.15, 0.2) is 16.8 Å². The van der Waals surface area contributed by atoms with Crippen molar-refractivity contribution in [2.75, 3.05) is 20.7 Å². The van der Waals surface area contributed by atoms with Gasteiger partial charge < -0.3 is 9.64 Å². The van der Waals surface area contributed by atoms with Crippen molar-refractivity contribution in [2.24, 2.45) is 0 Å². The Kier molecular flexibility index (Phi) is 3.88. The van der Waals surface area contributed by atoms with Gasteiger partial charge >= 0.3 is 6.09 Å². The highest BCUT2D eigenvalue weighted by Gasteiger charge is 2.07. The van der Waals surface area contributed by atoms with Crippen molar-refractivity contribution >= 4 is 17.4 Å². The van der Waals surface area contributed by atoms with E-state index in [0.29, 0.717) is 12.4 Å². The smallest absolute Gasteiger partial charge is 0.409 e. The van der Waals surface area contributed by atoms with E-state index in [1.165, 1.54) is 9.70 Å². The van der Waals surface area contributed by atoms with Crippen molar-refractivity contribution < 1.29 is 9.53 Å². The molecule has 18 heavy (non-hydrogen) atoms. The maximum atomic E-state index is 11.2. The molecule has 0 saturated heterocycles. The summed E-state index contributed by atoms with van der Waals surface area (Å²) < 4.78 is 4.97. The molecular formula is C10H13N5O2S. The first-order chi connectivity index (χ1) is 8.66. The number of carbonyl (C=O) groups excluding carboxylic acids is 1. The van der Waals surface area contributed by atoms with Crippen molar-refractivity contribution in [2.45, 2.75) is 6.54 Å². The molecule has 2 heterocycles. The SMILES string of the molecule is CN(C)C(=O)OCCn1nnc(-c2ccsc2)n1. The summed E-state index contributed by atoms with van der Waals surface area (Å²) in [6.07, 6.45) is -0.381. The van der Waals surface area contributed by atoms with Crippen LogP contribution in [0.25, 0.3) is 11.4 Å². The second-order valence-electron chi connectivity index (χ2n) is 3.73. The number of amides is 1. The van der Waals surface area contributed by atoms with Crippen LogP contribution in [0.4, 0.5) is 4.79 Å². The Bertz CT molecular complexity index is 508. The van der Waals surface area contributed by atoms with Gasteiger partial charge in [-0.2, -0.15) is 16.1 Å². The van der Waals surface area contributed by atoms with Crippen molar-refractivity contribution in [1.82, 2.24) is 25.1 Å². The van der Waals surface area contributed by atoms with Gasteiger partial charge in [-0.1, -0.05) is 0 Å². The van der Waals surface area contributed by atoms with Gasteiger partial charge in [-0.05, 0) is 16.7 Å². The fraction of sp³-hybridized carbons (Fsp3) is 0.400. The normalized spacial score (nSPS) is 10.3. The first-order valence-electron chi connectivity index (χ1n) is 5.31. The number of hydrogen-bond acceptors (Lipinski definition) is 6. The third kappa shape index (κ3) is 3.04. The van der Waals surface area contributed by atoms with Gasteiger partial charge in [0, 0.05) is 25.0 Å².